The number of hydrogen-bond acceptors (Lipinski definition) is 2. The fourth-order valence-electron chi connectivity index (χ4n) is 5.12. The molecule has 4 aliphatic carbocycles. The normalized spacial score (nSPS) is 41.4. The van der Waals surface area contributed by atoms with Crippen LogP contribution in [0, 0.1) is 29.6 Å². The SMILES string of the molecule is c1c[nH]c(CNCC2C3CC4CC(C3)CC2C4)n1. The van der Waals surface area contributed by atoms with Crippen molar-refractivity contribution in [3.8, 4) is 0 Å². The quantitative estimate of drug-likeness (QED) is 0.856. The Morgan fingerprint density at radius 1 is 1.11 bits per heavy atom. The van der Waals surface area contributed by atoms with E-state index in [0.29, 0.717) is 0 Å². The van der Waals surface area contributed by atoms with Gasteiger partial charge in [0, 0.05) is 12.4 Å². The van der Waals surface area contributed by atoms with E-state index in [1.807, 2.05) is 12.4 Å². The molecule has 0 radical (unpaired) electrons. The van der Waals surface area contributed by atoms with Gasteiger partial charge in [0.05, 0.1) is 6.54 Å². The standard InChI is InChI=1S/C15H23N3/c1-2-18-15(17-1)9-16-8-14-12-4-10-3-11(6-12)7-13(14)5-10/h1-2,10-14,16H,3-9H2,(H,17,18). The molecule has 1 heterocycles. The molecule has 5 rings (SSSR count). The van der Waals surface area contributed by atoms with Crippen molar-refractivity contribution in [2.45, 2.75) is 38.6 Å². The summed E-state index contributed by atoms with van der Waals surface area (Å²) < 4.78 is 0. The van der Waals surface area contributed by atoms with Gasteiger partial charge in [0.15, 0.2) is 0 Å². The van der Waals surface area contributed by atoms with Gasteiger partial charge in [0.25, 0.3) is 0 Å². The van der Waals surface area contributed by atoms with Crippen molar-refractivity contribution in [3.05, 3.63) is 18.2 Å². The van der Waals surface area contributed by atoms with Gasteiger partial charge in [-0.25, -0.2) is 4.98 Å². The average Bonchev–Trinajstić information content (AvgIpc) is 2.85. The zero-order valence-corrected chi connectivity index (χ0v) is 10.9. The molecule has 2 N–H and O–H groups in total. The highest BCUT2D eigenvalue weighted by Gasteiger charge is 2.47. The molecule has 0 spiro atoms. The second-order valence-corrected chi connectivity index (χ2v) is 6.76. The second-order valence-electron chi connectivity index (χ2n) is 6.76. The second kappa shape index (κ2) is 4.37. The first kappa shape index (κ1) is 11.0. The Bertz CT molecular complexity index is 370. The Labute approximate surface area is 109 Å². The van der Waals surface area contributed by atoms with Gasteiger partial charge >= 0.3 is 0 Å². The predicted octanol–water partition coefficient (Wildman–Crippen LogP) is 2.57. The van der Waals surface area contributed by atoms with E-state index in [9.17, 15) is 0 Å². The highest BCUT2D eigenvalue weighted by atomic mass is 15.0. The summed E-state index contributed by atoms with van der Waals surface area (Å²) in [5, 5.41) is 3.62. The van der Waals surface area contributed by atoms with E-state index in [0.717, 1.165) is 42.0 Å². The van der Waals surface area contributed by atoms with Crippen LogP contribution in [0.5, 0.6) is 0 Å². The minimum Gasteiger partial charge on any atom is -0.348 e. The first-order valence-corrected chi connectivity index (χ1v) is 7.57. The number of rotatable bonds is 4. The Morgan fingerprint density at radius 3 is 2.44 bits per heavy atom. The third-order valence-electron chi connectivity index (χ3n) is 5.65. The molecule has 1 aromatic heterocycles. The van der Waals surface area contributed by atoms with E-state index >= 15 is 0 Å². The van der Waals surface area contributed by atoms with Crippen molar-refractivity contribution in [3.63, 3.8) is 0 Å². The summed E-state index contributed by atoms with van der Waals surface area (Å²) in [6, 6.07) is 0. The number of H-pyrrole nitrogens is 1. The first-order chi connectivity index (χ1) is 8.88. The van der Waals surface area contributed by atoms with Gasteiger partial charge in [-0.3, -0.25) is 0 Å². The average molecular weight is 245 g/mol. The maximum absolute atomic E-state index is 4.27. The van der Waals surface area contributed by atoms with Crippen LogP contribution < -0.4 is 5.32 Å². The predicted molar refractivity (Wildman–Crippen MR) is 70.8 cm³/mol. The molecule has 0 unspecified atom stereocenters. The lowest BCUT2D eigenvalue weighted by atomic mass is 9.52. The molecule has 3 nitrogen and oxygen atoms in total. The molecule has 4 saturated carbocycles. The third-order valence-corrected chi connectivity index (χ3v) is 5.65. The number of nitrogens with zero attached hydrogens (tertiary/aromatic N) is 1. The van der Waals surface area contributed by atoms with Crippen LogP contribution in [-0.4, -0.2) is 16.5 Å². The van der Waals surface area contributed by atoms with Gasteiger partial charge in [-0.05, 0) is 68.2 Å². The van der Waals surface area contributed by atoms with Crippen LogP contribution in [0.2, 0.25) is 0 Å². The van der Waals surface area contributed by atoms with Crippen molar-refractivity contribution < 1.29 is 0 Å². The van der Waals surface area contributed by atoms with Gasteiger partial charge in [-0.1, -0.05) is 0 Å². The maximum Gasteiger partial charge on any atom is 0.120 e. The van der Waals surface area contributed by atoms with Crippen LogP contribution >= 0.6 is 0 Å². The van der Waals surface area contributed by atoms with Crippen molar-refractivity contribution >= 4 is 0 Å². The number of hydrogen-bond donors (Lipinski definition) is 2. The molecule has 4 fully saturated rings. The fraction of sp³-hybridized carbons (Fsp3) is 0.800. The lowest BCUT2D eigenvalue weighted by molar-refractivity contribution is -0.0356. The molecule has 0 atom stereocenters. The molecule has 1 aromatic rings. The Kier molecular flexibility index (Phi) is 2.68. The third kappa shape index (κ3) is 1.89. The number of nitrogens with one attached hydrogen (secondary N) is 2. The molecule has 0 aromatic carbocycles. The largest absolute Gasteiger partial charge is 0.348 e. The molecule has 0 saturated heterocycles. The molecular weight excluding hydrogens is 222 g/mol. The number of imidazole rings is 1. The zero-order valence-electron chi connectivity index (χ0n) is 10.9. The summed E-state index contributed by atoms with van der Waals surface area (Å²) in [5.41, 5.74) is 0. The van der Waals surface area contributed by atoms with Crippen molar-refractivity contribution in [1.82, 2.24) is 15.3 Å². The monoisotopic (exact) mass is 245 g/mol. The van der Waals surface area contributed by atoms with Crippen LogP contribution in [0.25, 0.3) is 0 Å². The van der Waals surface area contributed by atoms with Crippen LogP contribution in [0.1, 0.15) is 37.9 Å². The van der Waals surface area contributed by atoms with Gasteiger partial charge in [-0.15, -0.1) is 0 Å². The van der Waals surface area contributed by atoms with Crippen molar-refractivity contribution in [1.29, 1.82) is 0 Å². The molecule has 0 aliphatic heterocycles. The van der Waals surface area contributed by atoms with E-state index in [1.165, 1.54) is 32.2 Å². The highest BCUT2D eigenvalue weighted by molar-refractivity contribution is 4.98. The summed E-state index contributed by atoms with van der Waals surface area (Å²) in [7, 11) is 0. The van der Waals surface area contributed by atoms with E-state index < -0.39 is 0 Å². The van der Waals surface area contributed by atoms with Crippen molar-refractivity contribution in [2.24, 2.45) is 29.6 Å². The van der Waals surface area contributed by atoms with E-state index in [-0.39, 0.29) is 0 Å². The van der Waals surface area contributed by atoms with Crippen LogP contribution in [0.15, 0.2) is 12.4 Å². The minimum atomic E-state index is 0.899. The van der Waals surface area contributed by atoms with Crippen molar-refractivity contribution in [2.75, 3.05) is 6.54 Å². The molecule has 4 aliphatic rings. The highest BCUT2D eigenvalue weighted by Crippen LogP contribution is 2.56. The fourth-order valence-corrected chi connectivity index (χ4v) is 5.12. The molecule has 98 valence electrons. The van der Waals surface area contributed by atoms with Gasteiger partial charge < -0.3 is 10.3 Å². The smallest absolute Gasteiger partial charge is 0.120 e. The summed E-state index contributed by atoms with van der Waals surface area (Å²) in [6.45, 7) is 2.10. The lowest BCUT2D eigenvalue weighted by Gasteiger charge is -2.54. The van der Waals surface area contributed by atoms with Crippen LogP contribution in [0.3, 0.4) is 0 Å². The van der Waals surface area contributed by atoms with Gasteiger partial charge in [0.1, 0.15) is 5.82 Å². The Hall–Kier alpha value is -0.830. The first-order valence-electron chi connectivity index (χ1n) is 7.57. The maximum atomic E-state index is 4.27. The van der Waals surface area contributed by atoms with E-state index in [2.05, 4.69) is 15.3 Å². The lowest BCUT2D eigenvalue weighted by Crippen LogP contribution is -2.48. The Morgan fingerprint density at radius 2 is 1.83 bits per heavy atom. The molecule has 4 bridgehead atoms. The van der Waals surface area contributed by atoms with Crippen LogP contribution in [0.4, 0.5) is 0 Å². The number of aromatic nitrogens is 2. The van der Waals surface area contributed by atoms with Gasteiger partial charge in [-0.2, -0.15) is 0 Å². The van der Waals surface area contributed by atoms with E-state index in [4.69, 9.17) is 0 Å². The topological polar surface area (TPSA) is 40.7 Å². The number of aromatic amines is 1. The molecule has 3 heteroatoms. The summed E-state index contributed by atoms with van der Waals surface area (Å²) in [5.74, 6) is 6.27. The molecule has 18 heavy (non-hydrogen) atoms. The minimum absolute atomic E-state index is 0.899. The zero-order chi connectivity index (χ0) is 11.9. The Balaban J connectivity index is 1.35. The molecular formula is C15H23N3. The van der Waals surface area contributed by atoms with E-state index in [1.54, 1.807) is 6.42 Å². The molecule has 0 amide bonds. The summed E-state index contributed by atoms with van der Waals surface area (Å²) >= 11 is 0. The van der Waals surface area contributed by atoms with Crippen LogP contribution in [-0.2, 0) is 6.54 Å². The van der Waals surface area contributed by atoms with Gasteiger partial charge in [0.2, 0.25) is 0 Å². The summed E-state index contributed by atoms with van der Waals surface area (Å²) in [6.07, 6.45) is 11.4. The summed E-state index contributed by atoms with van der Waals surface area (Å²) in [4.78, 5) is 7.44.